The zero-order chi connectivity index (χ0) is 14.0. The van der Waals surface area contributed by atoms with Crippen molar-refractivity contribution < 1.29 is 4.74 Å². The van der Waals surface area contributed by atoms with Crippen LogP contribution in [-0.2, 0) is 5.54 Å². The summed E-state index contributed by atoms with van der Waals surface area (Å²) in [4.78, 5) is 0. The van der Waals surface area contributed by atoms with Crippen LogP contribution in [0.1, 0.15) is 34.6 Å². The Hall–Kier alpha value is -1.84. The van der Waals surface area contributed by atoms with Gasteiger partial charge in [0.1, 0.15) is 12.1 Å². The van der Waals surface area contributed by atoms with Gasteiger partial charge in [0.2, 0.25) is 0 Å². The molecule has 4 nitrogen and oxygen atoms in total. The predicted octanol–water partition coefficient (Wildman–Crippen LogP) is 3.49. The van der Waals surface area contributed by atoms with Crippen molar-refractivity contribution in [3.8, 4) is 17.1 Å². The van der Waals surface area contributed by atoms with E-state index < -0.39 is 0 Å². The summed E-state index contributed by atoms with van der Waals surface area (Å²) in [5, 5.41) is 8.26. The third kappa shape index (κ3) is 3.13. The maximum absolute atomic E-state index is 5.72. The van der Waals surface area contributed by atoms with E-state index in [-0.39, 0.29) is 11.6 Å². The zero-order valence-electron chi connectivity index (χ0n) is 12.2. The van der Waals surface area contributed by atoms with Crippen molar-refractivity contribution in [2.75, 3.05) is 0 Å². The Morgan fingerprint density at radius 3 is 2.58 bits per heavy atom. The molecule has 0 aliphatic carbocycles. The molecule has 1 aromatic carbocycles. The van der Waals surface area contributed by atoms with Crippen LogP contribution >= 0.6 is 0 Å². The van der Waals surface area contributed by atoms with Crippen LogP contribution < -0.4 is 4.74 Å². The highest BCUT2D eigenvalue weighted by Crippen LogP contribution is 2.26. The van der Waals surface area contributed by atoms with Gasteiger partial charge in [-0.3, -0.25) is 0 Å². The Balaban J connectivity index is 2.40. The van der Waals surface area contributed by atoms with Gasteiger partial charge in [0, 0.05) is 11.1 Å². The second kappa shape index (κ2) is 5.03. The molecule has 0 unspecified atom stereocenters. The lowest BCUT2D eigenvalue weighted by Gasteiger charge is -2.22. The maximum Gasteiger partial charge on any atom is 0.164 e. The molecular formula is C15H21N3O. The predicted molar refractivity (Wildman–Crippen MR) is 76.2 cm³/mol. The van der Waals surface area contributed by atoms with E-state index in [0.29, 0.717) is 0 Å². The summed E-state index contributed by atoms with van der Waals surface area (Å²) in [7, 11) is 0. The Morgan fingerprint density at radius 1 is 1.21 bits per heavy atom. The molecule has 0 saturated heterocycles. The number of nitrogens with zero attached hydrogens (tertiary/aromatic N) is 3. The summed E-state index contributed by atoms with van der Waals surface area (Å²) in [6, 6.07) is 7.97. The fourth-order valence-corrected chi connectivity index (χ4v) is 1.90. The van der Waals surface area contributed by atoms with Crippen LogP contribution in [0.25, 0.3) is 11.4 Å². The molecule has 0 bridgehead atoms. The second-order valence-corrected chi connectivity index (χ2v) is 5.89. The smallest absolute Gasteiger partial charge is 0.164 e. The van der Waals surface area contributed by atoms with Crippen molar-refractivity contribution in [3.63, 3.8) is 0 Å². The summed E-state index contributed by atoms with van der Waals surface area (Å²) in [6.45, 7) is 10.4. The van der Waals surface area contributed by atoms with Gasteiger partial charge in [-0.1, -0.05) is 12.1 Å². The van der Waals surface area contributed by atoms with Crippen LogP contribution in [0.15, 0.2) is 30.6 Å². The number of hydrogen-bond donors (Lipinski definition) is 0. The first-order valence-electron chi connectivity index (χ1n) is 6.55. The molecule has 2 rings (SSSR count). The van der Waals surface area contributed by atoms with E-state index in [9.17, 15) is 0 Å². The summed E-state index contributed by atoms with van der Waals surface area (Å²) >= 11 is 0. The standard InChI is InChI=1S/C15H21N3O/c1-11(2)19-13-8-6-7-12(9-13)14-17-16-10-18(14)15(3,4)5/h6-11H,1-5H3. The topological polar surface area (TPSA) is 39.9 Å². The Bertz CT molecular complexity index is 553. The monoisotopic (exact) mass is 259 g/mol. The van der Waals surface area contributed by atoms with Crippen LogP contribution in [0.3, 0.4) is 0 Å². The normalized spacial score (nSPS) is 11.9. The average Bonchev–Trinajstić information content (AvgIpc) is 2.76. The Kier molecular flexibility index (Phi) is 3.60. The first-order chi connectivity index (χ1) is 8.88. The Morgan fingerprint density at radius 2 is 1.95 bits per heavy atom. The van der Waals surface area contributed by atoms with E-state index in [1.54, 1.807) is 6.33 Å². The first-order valence-corrected chi connectivity index (χ1v) is 6.55. The quantitative estimate of drug-likeness (QED) is 0.847. The van der Waals surface area contributed by atoms with Gasteiger partial charge in [0.05, 0.1) is 6.10 Å². The minimum Gasteiger partial charge on any atom is -0.491 e. The number of benzene rings is 1. The molecule has 1 heterocycles. The molecule has 1 aromatic heterocycles. The van der Waals surface area contributed by atoms with E-state index in [0.717, 1.165) is 17.1 Å². The minimum atomic E-state index is -0.0479. The van der Waals surface area contributed by atoms with Crippen LogP contribution in [-0.4, -0.2) is 20.9 Å². The highest BCUT2D eigenvalue weighted by atomic mass is 16.5. The van der Waals surface area contributed by atoms with Gasteiger partial charge in [-0.05, 0) is 46.8 Å². The highest BCUT2D eigenvalue weighted by molar-refractivity contribution is 5.57. The molecular weight excluding hydrogens is 238 g/mol. The van der Waals surface area contributed by atoms with Gasteiger partial charge >= 0.3 is 0 Å². The van der Waals surface area contributed by atoms with Gasteiger partial charge in [0.25, 0.3) is 0 Å². The van der Waals surface area contributed by atoms with E-state index in [2.05, 4.69) is 35.5 Å². The molecule has 19 heavy (non-hydrogen) atoms. The molecule has 0 saturated carbocycles. The van der Waals surface area contributed by atoms with Gasteiger partial charge < -0.3 is 9.30 Å². The number of rotatable bonds is 3. The lowest BCUT2D eigenvalue weighted by molar-refractivity contribution is 0.242. The van der Waals surface area contributed by atoms with Crippen LogP contribution in [0.4, 0.5) is 0 Å². The van der Waals surface area contributed by atoms with Crippen molar-refractivity contribution in [3.05, 3.63) is 30.6 Å². The van der Waals surface area contributed by atoms with E-state index in [4.69, 9.17) is 4.74 Å². The maximum atomic E-state index is 5.72. The molecule has 0 atom stereocenters. The largest absolute Gasteiger partial charge is 0.491 e. The molecule has 0 amide bonds. The van der Waals surface area contributed by atoms with E-state index in [1.807, 2.05) is 38.1 Å². The van der Waals surface area contributed by atoms with E-state index in [1.165, 1.54) is 0 Å². The van der Waals surface area contributed by atoms with Crippen LogP contribution in [0, 0.1) is 0 Å². The lowest BCUT2D eigenvalue weighted by Crippen LogP contribution is -2.21. The third-order valence-corrected chi connectivity index (χ3v) is 2.73. The van der Waals surface area contributed by atoms with Gasteiger partial charge in [-0.25, -0.2) is 0 Å². The van der Waals surface area contributed by atoms with Crippen molar-refractivity contribution in [2.45, 2.75) is 46.3 Å². The first kappa shape index (κ1) is 13.6. The second-order valence-electron chi connectivity index (χ2n) is 5.89. The van der Waals surface area contributed by atoms with Crippen molar-refractivity contribution >= 4 is 0 Å². The molecule has 0 aliphatic rings. The molecule has 102 valence electrons. The number of aromatic nitrogens is 3. The Labute approximate surface area is 114 Å². The molecule has 4 heteroatoms. The van der Waals surface area contributed by atoms with Crippen molar-refractivity contribution in [2.24, 2.45) is 0 Å². The molecule has 0 fully saturated rings. The highest BCUT2D eigenvalue weighted by Gasteiger charge is 2.19. The summed E-state index contributed by atoms with van der Waals surface area (Å²) in [5.74, 6) is 1.72. The molecule has 2 aromatic rings. The molecule has 0 spiro atoms. The third-order valence-electron chi connectivity index (χ3n) is 2.73. The summed E-state index contributed by atoms with van der Waals surface area (Å²) < 4.78 is 7.79. The summed E-state index contributed by atoms with van der Waals surface area (Å²) in [6.07, 6.45) is 1.93. The number of ether oxygens (including phenoxy) is 1. The molecule has 0 N–H and O–H groups in total. The fourth-order valence-electron chi connectivity index (χ4n) is 1.90. The average molecular weight is 259 g/mol. The van der Waals surface area contributed by atoms with Crippen LogP contribution in [0.5, 0.6) is 5.75 Å². The minimum absolute atomic E-state index is 0.0479. The summed E-state index contributed by atoms with van der Waals surface area (Å²) in [5.41, 5.74) is 0.971. The van der Waals surface area contributed by atoms with Crippen molar-refractivity contribution in [1.82, 2.24) is 14.8 Å². The lowest BCUT2D eigenvalue weighted by atomic mass is 10.1. The van der Waals surface area contributed by atoms with Gasteiger partial charge in [-0.15, -0.1) is 10.2 Å². The zero-order valence-corrected chi connectivity index (χ0v) is 12.2. The SMILES string of the molecule is CC(C)Oc1cccc(-c2nncn2C(C)(C)C)c1. The van der Waals surface area contributed by atoms with Gasteiger partial charge in [0.15, 0.2) is 5.82 Å². The fraction of sp³-hybridized carbons (Fsp3) is 0.467. The van der Waals surface area contributed by atoms with Crippen LogP contribution in [0.2, 0.25) is 0 Å². The molecule has 0 radical (unpaired) electrons. The van der Waals surface area contributed by atoms with E-state index >= 15 is 0 Å². The van der Waals surface area contributed by atoms with Crippen molar-refractivity contribution in [1.29, 1.82) is 0 Å². The number of hydrogen-bond acceptors (Lipinski definition) is 3. The van der Waals surface area contributed by atoms with Gasteiger partial charge in [-0.2, -0.15) is 0 Å². The molecule has 0 aliphatic heterocycles.